The predicted molar refractivity (Wildman–Crippen MR) is 97.3 cm³/mol. The summed E-state index contributed by atoms with van der Waals surface area (Å²) in [7, 11) is 0. The highest BCUT2D eigenvalue weighted by atomic mass is 16.3. The Morgan fingerprint density at radius 1 is 0.917 bits per heavy atom. The van der Waals surface area contributed by atoms with Crippen molar-refractivity contribution in [1.29, 1.82) is 0 Å². The molecule has 3 atom stereocenters. The van der Waals surface area contributed by atoms with Crippen molar-refractivity contribution in [1.82, 2.24) is 0 Å². The molecule has 24 heavy (non-hydrogen) atoms. The minimum absolute atomic E-state index is 0.0152. The first-order valence-electron chi connectivity index (χ1n) is 8.57. The van der Waals surface area contributed by atoms with Crippen LogP contribution in [0, 0.1) is 15.7 Å². The van der Waals surface area contributed by atoms with E-state index in [0.29, 0.717) is 12.8 Å². The van der Waals surface area contributed by atoms with Crippen LogP contribution in [0.1, 0.15) is 80.6 Å². The molecule has 140 valence electrons. The van der Waals surface area contributed by atoms with Gasteiger partial charge < -0.3 is 11.5 Å². The first kappa shape index (κ1) is 22.9. The molecular weight excluding hydrogens is 306 g/mol. The first-order chi connectivity index (χ1) is 10.6. The summed E-state index contributed by atoms with van der Waals surface area (Å²) in [5.74, 6) is -0.835. The van der Waals surface area contributed by atoms with E-state index in [4.69, 9.17) is 11.5 Å². The molecule has 3 unspecified atom stereocenters. The minimum atomic E-state index is -1.25. The van der Waals surface area contributed by atoms with Gasteiger partial charge in [0.05, 0.1) is 11.1 Å². The normalized spacial score (nSPS) is 19.7. The molecular formula is C18H35N3O3. The Labute approximate surface area is 146 Å². The fourth-order valence-electron chi connectivity index (χ4n) is 3.30. The summed E-state index contributed by atoms with van der Waals surface area (Å²) < 4.78 is 0. The number of hydrogen-bond acceptors (Lipinski definition) is 5. The zero-order valence-corrected chi connectivity index (χ0v) is 16.4. The van der Waals surface area contributed by atoms with Gasteiger partial charge in [0.25, 0.3) is 0 Å². The Balaban J connectivity index is 5.02. The third kappa shape index (κ3) is 6.77. The van der Waals surface area contributed by atoms with Crippen molar-refractivity contribution in [3.63, 3.8) is 0 Å². The number of nitrogens with zero attached hydrogens (tertiary/aromatic N) is 1. The molecule has 0 saturated heterocycles. The van der Waals surface area contributed by atoms with Crippen molar-refractivity contribution < 1.29 is 9.59 Å². The number of Topliss-reactive ketones (excluding diaryl/α,β-unsaturated/α-hetero) is 1. The van der Waals surface area contributed by atoms with Crippen LogP contribution in [0.5, 0.6) is 0 Å². The van der Waals surface area contributed by atoms with E-state index in [1.807, 2.05) is 13.8 Å². The van der Waals surface area contributed by atoms with Gasteiger partial charge in [0.15, 0.2) is 0 Å². The molecule has 0 rings (SSSR count). The van der Waals surface area contributed by atoms with Crippen molar-refractivity contribution in [3.8, 4) is 0 Å². The van der Waals surface area contributed by atoms with Gasteiger partial charge in [0.2, 0.25) is 0 Å². The second-order valence-corrected chi connectivity index (χ2v) is 8.97. The van der Waals surface area contributed by atoms with E-state index < -0.39 is 17.0 Å². The minimum Gasteiger partial charge on any atom is -0.319 e. The van der Waals surface area contributed by atoms with E-state index in [1.165, 1.54) is 6.92 Å². The van der Waals surface area contributed by atoms with Crippen LogP contribution in [0.25, 0.3) is 0 Å². The van der Waals surface area contributed by atoms with E-state index in [0.717, 1.165) is 19.3 Å². The largest absolute Gasteiger partial charge is 0.319 e. The molecule has 4 N–H and O–H groups in total. The number of rotatable bonds is 10. The van der Waals surface area contributed by atoms with Gasteiger partial charge >= 0.3 is 5.91 Å². The molecule has 0 bridgehead atoms. The Morgan fingerprint density at radius 2 is 1.42 bits per heavy atom. The summed E-state index contributed by atoms with van der Waals surface area (Å²) in [6, 6.07) is 0. The maximum atomic E-state index is 11.7. The molecule has 0 saturated carbocycles. The van der Waals surface area contributed by atoms with Gasteiger partial charge in [-0.05, 0) is 57.3 Å². The lowest BCUT2D eigenvalue weighted by atomic mass is 9.68. The van der Waals surface area contributed by atoms with Crippen molar-refractivity contribution in [2.24, 2.45) is 27.5 Å². The van der Waals surface area contributed by atoms with Crippen LogP contribution in [-0.2, 0) is 9.59 Å². The molecule has 0 heterocycles. The first-order valence-corrected chi connectivity index (χ1v) is 8.57. The second kappa shape index (κ2) is 7.83. The zero-order chi connectivity index (χ0) is 19.4. The van der Waals surface area contributed by atoms with Gasteiger partial charge in [0.1, 0.15) is 5.78 Å². The molecule has 0 aliphatic heterocycles. The fourth-order valence-corrected chi connectivity index (χ4v) is 3.30. The Morgan fingerprint density at radius 3 is 1.79 bits per heavy atom. The lowest BCUT2D eigenvalue weighted by Gasteiger charge is -2.39. The van der Waals surface area contributed by atoms with Crippen LogP contribution < -0.4 is 11.5 Å². The Bertz CT molecular complexity index is 484. The van der Waals surface area contributed by atoms with E-state index in [2.05, 4.69) is 19.0 Å². The maximum absolute atomic E-state index is 11.7. The SMILES string of the molecule is CCC(C)(CCC(C)(C)CC(C)(N)C(=O)N=O)CC(C)(N)C(C)=O. The average molecular weight is 341 g/mol. The van der Waals surface area contributed by atoms with Gasteiger partial charge in [-0.25, -0.2) is 0 Å². The highest BCUT2D eigenvalue weighted by Crippen LogP contribution is 2.41. The monoisotopic (exact) mass is 341 g/mol. The molecule has 0 aromatic carbocycles. The van der Waals surface area contributed by atoms with Crippen molar-refractivity contribution in [3.05, 3.63) is 4.91 Å². The van der Waals surface area contributed by atoms with Crippen LogP contribution in [-0.4, -0.2) is 22.8 Å². The molecule has 0 fully saturated rings. The summed E-state index contributed by atoms with van der Waals surface area (Å²) in [5.41, 5.74) is 9.71. The van der Waals surface area contributed by atoms with E-state index in [1.54, 1.807) is 13.8 Å². The average Bonchev–Trinajstić information content (AvgIpc) is 2.42. The Kier molecular flexibility index (Phi) is 7.46. The molecule has 0 aliphatic rings. The summed E-state index contributed by atoms with van der Waals surface area (Å²) >= 11 is 0. The van der Waals surface area contributed by atoms with Crippen LogP contribution in [0.2, 0.25) is 0 Å². The van der Waals surface area contributed by atoms with E-state index >= 15 is 0 Å². The molecule has 1 amide bonds. The molecule has 0 aromatic heterocycles. The molecule has 6 heteroatoms. The maximum Gasteiger partial charge on any atom is 0.305 e. The smallest absolute Gasteiger partial charge is 0.305 e. The number of ketones is 1. The second-order valence-electron chi connectivity index (χ2n) is 8.97. The predicted octanol–water partition coefficient (Wildman–Crippen LogP) is 3.31. The number of carbonyl (C=O) groups is 2. The number of amides is 1. The van der Waals surface area contributed by atoms with Gasteiger partial charge in [-0.2, -0.15) is 0 Å². The summed E-state index contributed by atoms with van der Waals surface area (Å²) in [6.45, 7) is 13.1. The van der Waals surface area contributed by atoms with Gasteiger partial charge in [-0.3, -0.25) is 9.59 Å². The van der Waals surface area contributed by atoms with Crippen molar-refractivity contribution >= 4 is 11.7 Å². The zero-order valence-electron chi connectivity index (χ0n) is 16.4. The summed E-state index contributed by atoms with van der Waals surface area (Å²) in [4.78, 5) is 33.8. The van der Waals surface area contributed by atoms with Gasteiger partial charge in [-0.1, -0.05) is 34.1 Å². The van der Waals surface area contributed by atoms with E-state index in [9.17, 15) is 14.5 Å². The van der Waals surface area contributed by atoms with Gasteiger partial charge in [-0.15, -0.1) is 4.91 Å². The summed E-state index contributed by atoms with van der Waals surface area (Å²) in [6.07, 6.45) is 3.55. The van der Waals surface area contributed by atoms with Crippen molar-refractivity contribution in [2.45, 2.75) is 91.6 Å². The quantitative estimate of drug-likeness (QED) is 0.591. The lowest BCUT2D eigenvalue weighted by molar-refractivity contribution is -0.124. The van der Waals surface area contributed by atoms with Crippen LogP contribution >= 0.6 is 0 Å². The Hall–Kier alpha value is -1.14. The highest BCUT2D eigenvalue weighted by molar-refractivity contribution is 5.86. The highest BCUT2D eigenvalue weighted by Gasteiger charge is 2.39. The standard InChI is InChI=1S/C18H35N3O3/c1-8-16(5,12-17(6,19)13(2)22)10-9-15(3,4)11-18(7,20)14(23)21-24/h8-12,19-20H2,1-7H3. The number of nitroso groups, excluding NO2 is 1. The summed E-state index contributed by atoms with van der Waals surface area (Å²) in [5, 5.41) is 2.47. The number of hydrogen-bond donors (Lipinski definition) is 2. The third-order valence-corrected chi connectivity index (χ3v) is 5.27. The van der Waals surface area contributed by atoms with Crippen molar-refractivity contribution in [2.75, 3.05) is 0 Å². The molecule has 0 aromatic rings. The van der Waals surface area contributed by atoms with Crippen LogP contribution in [0.15, 0.2) is 5.18 Å². The molecule has 6 nitrogen and oxygen atoms in total. The fraction of sp³-hybridized carbons (Fsp3) is 0.889. The van der Waals surface area contributed by atoms with Crippen LogP contribution in [0.4, 0.5) is 0 Å². The lowest BCUT2D eigenvalue weighted by Crippen LogP contribution is -2.48. The van der Waals surface area contributed by atoms with E-state index in [-0.39, 0.29) is 16.6 Å². The molecule has 0 radical (unpaired) electrons. The topological polar surface area (TPSA) is 116 Å². The third-order valence-electron chi connectivity index (χ3n) is 5.27. The number of nitrogens with two attached hydrogens (primary N) is 2. The molecule has 0 spiro atoms. The van der Waals surface area contributed by atoms with Gasteiger partial charge in [0, 0.05) is 5.18 Å². The number of carbonyl (C=O) groups excluding carboxylic acids is 2. The van der Waals surface area contributed by atoms with Crippen LogP contribution in [0.3, 0.4) is 0 Å². The molecule has 0 aliphatic carbocycles.